The van der Waals surface area contributed by atoms with E-state index in [1.807, 2.05) is 0 Å². The normalized spacial score (nSPS) is 29.6. The van der Waals surface area contributed by atoms with Crippen LogP contribution in [0.4, 0.5) is 4.39 Å². The van der Waals surface area contributed by atoms with Crippen LogP contribution in [0.1, 0.15) is 51.9 Å². The minimum absolute atomic E-state index is 0.198. The van der Waals surface area contributed by atoms with Crippen LogP contribution in [0, 0.1) is 0 Å². The van der Waals surface area contributed by atoms with Crippen LogP contribution in [-0.2, 0) is 0 Å². The van der Waals surface area contributed by atoms with Crippen molar-refractivity contribution in [1.82, 2.24) is 10.2 Å². The molecule has 1 unspecified atom stereocenters. The van der Waals surface area contributed by atoms with Gasteiger partial charge in [-0.1, -0.05) is 32.6 Å². The molecule has 3 heteroatoms. The summed E-state index contributed by atoms with van der Waals surface area (Å²) < 4.78 is 12.7. The molecule has 0 aromatic heterocycles. The Kier molecular flexibility index (Phi) is 4.80. The second-order valence-electron chi connectivity index (χ2n) is 5.82. The zero-order valence-electron chi connectivity index (χ0n) is 11.2. The highest BCUT2D eigenvalue weighted by Crippen LogP contribution is 2.32. The molecule has 1 atom stereocenters. The summed E-state index contributed by atoms with van der Waals surface area (Å²) >= 11 is 0. The van der Waals surface area contributed by atoms with Gasteiger partial charge in [-0.05, 0) is 19.3 Å². The minimum atomic E-state index is -0.198. The third-order valence-corrected chi connectivity index (χ3v) is 4.54. The molecule has 1 spiro atoms. The molecule has 1 saturated heterocycles. The zero-order valence-corrected chi connectivity index (χ0v) is 11.2. The van der Waals surface area contributed by atoms with Gasteiger partial charge in [-0.3, -0.25) is 4.90 Å². The van der Waals surface area contributed by atoms with Crippen molar-refractivity contribution in [1.29, 1.82) is 0 Å². The first-order valence-corrected chi connectivity index (χ1v) is 7.35. The van der Waals surface area contributed by atoms with E-state index in [1.54, 1.807) is 0 Å². The SMILES string of the molecule is CCCC1CNC2(CCCCC2)CN1CCF. The van der Waals surface area contributed by atoms with Gasteiger partial charge >= 0.3 is 0 Å². The van der Waals surface area contributed by atoms with E-state index in [-0.39, 0.29) is 6.67 Å². The first kappa shape index (κ1) is 13.3. The van der Waals surface area contributed by atoms with Crippen LogP contribution >= 0.6 is 0 Å². The van der Waals surface area contributed by atoms with E-state index in [0.29, 0.717) is 18.1 Å². The van der Waals surface area contributed by atoms with E-state index in [4.69, 9.17) is 0 Å². The molecule has 1 saturated carbocycles. The highest BCUT2D eigenvalue weighted by atomic mass is 19.1. The van der Waals surface area contributed by atoms with Crippen LogP contribution in [0.3, 0.4) is 0 Å². The topological polar surface area (TPSA) is 15.3 Å². The van der Waals surface area contributed by atoms with Gasteiger partial charge < -0.3 is 5.32 Å². The molecule has 1 N–H and O–H groups in total. The zero-order chi connectivity index (χ0) is 12.1. The van der Waals surface area contributed by atoms with Crippen molar-refractivity contribution >= 4 is 0 Å². The van der Waals surface area contributed by atoms with Crippen molar-refractivity contribution in [2.75, 3.05) is 26.3 Å². The summed E-state index contributed by atoms with van der Waals surface area (Å²) in [6, 6.07) is 0.559. The monoisotopic (exact) mass is 242 g/mol. The number of piperazine rings is 1. The Morgan fingerprint density at radius 2 is 2.06 bits per heavy atom. The average Bonchev–Trinajstić information content (AvgIpc) is 2.35. The predicted octanol–water partition coefficient (Wildman–Crippen LogP) is 2.73. The summed E-state index contributed by atoms with van der Waals surface area (Å²) in [6.07, 6.45) is 9.03. The Morgan fingerprint density at radius 3 is 2.71 bits per heavy atom. The van der Waals surface area contributed by atoms with Gasteiger partial charge in [-0.15, -0.1) is 0 Å². The highest BCUT2D eigenvalue weighted by molar-refractivity contribution is 4.99. The maximum atomic E-state index is 12.7. The quantitative estimate of drug-likeness (QED) is 0.815. The van der Waals surface area contributed by atoms with Crippen molar-refractivity contribution < 1.29 is 4.39 Å². The summed E-state index contributed by atoms with van der Waals surface area (Å²) in [5.41, 5.74) is 0.317. The second kappa shape index (κ2) is 6.14. The molecule has 1 aliphatic heterocycles. The number of hydrogen-bond donors (Lipinski definition) is 1. The smallest absolute Gasteiger partial charge is 0.102 e. The van der Waals surface area contributed by atoms with Gasteiger partial charge in [0.2, 0.25) is 0 Å². The van der Waals surface area contributed by atoms with Gasteiger partial charge in [0.05, 0.1) is 0 Å². The largest absolute Gasteiger partial charge is 0.308 e. The van der Waals surface area contributed by atoms with Gasteiger partial charge in [0.1, 0.15) is 6.67 Å². The fourth-order valence-electron chi connectivity index (χ4n) is 3.59. The number of halogens is 1. The molecule has 2 nitrogen and oxygen atoms in total. The second-order valence-corrected chi connectivity index (χ2v) is 5.82. The van der Waals surface area contributed by atoms with E-state index in [2.05, 4.69) is 17.1 Å². The molecule has 0 amide bonds. The summed E-state index contributed by atoms with van der Waals surface area (Å²) in [5.74, 6) is 0. The molecule has 0 bridgehead atoms. The van der Waals surface area contributed by atoms with Gasteiger partial charge in [0, 0.05) is 31.2 Å². The van der Waals surface area contributed by atoms with Crippen molar-refractivity contribution in [2.45, 2.75) is 63.5 Å². The van der Waals surface area contributed by atoms with Crippen molar-refractivity contribution in [3.63, 3.8) is 0 Å². The highest BCUT2D eigenvalue weighted by Gasteiger charge is 2.39. The molecule has 17 heavy (non-hydrogen) atoms. The van der Waals surface area contributed by atoms with Crippen LogP contribution < -0.4 is 5.32 Å². The van der Waals surface area contributed by atoms with Crippen molar-refractivity contribution in [3.8, 4) is 0 Å². The van der Waals surface area contributed by atoms with Crippen molar-refractivity contribution in [3.05, 3.63) is 0 Å². The number of rotatable bonds is 4. The minimum Gasteiger partial charge on any atom is -0.308 e. The molecule has 0 aromatic rings. The summed E-state index contributed by atoms with van der Waals surface area (Å²) in [6.45, 7) is 4.79. The lowest BCUT2D eigenvalue weighted by Gasteiger charge is -2.49. The molecule has 2 aliphatic rings. The van der Waals surface area contributed by atoms with Gasteiger partial charge in [-0.2, -0.15) is 0 Å². The molecular weight excluding hydrogens is 215 g/mol. The molecule has 0 radical (unpaired) electrons. The van der Waals surface area contributed by atoms with Crippen LogP contribution in [0.15, 0.2) is 0 Å². The fraction of sp³-hybridized carbons (Fsp3) is 1.00. The molecule has 1 heterocycles. The molecular formula is C14H27FN2. The fourth-order valence-corrected chi connectivity index (χ4v) is 3.59. The molecule has 100 valence electrons. The first-order chi connectivity index (χ1) is 8.29. The molecule has 2 rings (SSSR count). The number of nitrogens with zero attached hydrogens (tertiary/aromatic N) is 1. The Hall–Kier alpha value is -0.150. The van der Waals surface area contributed by atoms with E-state index in [0.717, 1.165) is 13.1 Å². The van der Waals surface area contributed by atoms with Crippen LogP contribution in [0.2, 0.25) is 0 Å². The average molecular weight is 242 g/mol. The lowest BCUT2D eigenvalue weighted by Crippen LogP contribution is -2.65. The van der Waals surface area contributed by atoms with Gasteiger partial charge in [-0.25, -0.2) is 4.39 Å². The third-order valence-electron chi connectivity index (χ3n) is 4.54. The standard InChI is InChI=1S/C14H27FN2/c1-2-6-13-11-16-14(7-4-3-5-8-14)12-17(13)10-9-15/h13,16H,2-12H2,1H3. The summed E-state index contributed by atoms with van der Waals surface area (Å²) in [4.78, 5) is 2.41. The summed E-state index contributed by atoms with van der Waals surface area (Å²) in [5, 5.41) is 3.79. The maximum absolute atomic E-state index is 12.7. The van der Waals surface area contributed by atoms with E-state index >= 15 is 0 Å². The third kappa shape index (κ3) is 3.19. The van der Waals surface area contributed by atoms with Crippen LogP contribution in [0.25, 0.3) is 0 Å². The Balaban J connectivity index is 1.96. The Labute approximate surface area is 105 Å². The molecule has 0 aromatic carbocycles. The lowest BCUT2D eigenvalue weighted by atomic mass is 9.79. The van der Waals surface area contributed by atoms with E-state index in [9.17, 15) is 4.39 Å². The predicted molar refractivity (Wildman–Crippen MR) is 70.1 cm³/mol. The molecule has 2 fully saturated rings. The first-order valence-electron chi connectivity index (χ1n) is 7.35. The number of alkyl halides is 1. The van der Waals surface area contributed by atoms with E-state index < -0.39 is 0 Å². The van der Waals surface area contributed by atoms with Crippen LogP contribution in [-0.4, -0.2) is 42.8 Å². The molecule has 1 aliphatic carbocycles. The van der Waals surface area contributed by atoms with Crippen molar-refractivity contribution in [2.24, 2.45) is 0 Å². The van der Waals surface area contributed by atoms with Crippen LogP contribution in [0.5, 0.6) is 0 Å². The van der Waals surface area contributed by atoms with E-state index in [1.165, 1.54) is 44.9 Å². The van der Waals surface area contributed by atoms with Gasteiger partial charge in [0.15, 0.2) is 0 Å². The number of hydrogen-bond acceptors (Lipinski definition) is 2. The Bertz CT molecular complexity index is 226. The van der Waals surface area contributed by atoms with Gasteiger partial charge in [0.25, 0.3) is 0 Å². The maximum Gasteiger partial charge on any atom is 0.102 e. The number of nitrogens with one attached hydrogen (secondary N) is 1. The Morgan fingerprint density at radius 1 is 1.29 bits per heavy atom. The summed E-state index contributed by atoms with van der Waals surface area (Å²) in [7, 11) is 0. The lowest BCUT2D eigenvalue weighted by molar-refractivity contribution is 0.0477.